The van der Waals surface area contributed by atoms with Crippen molar-refractivity contribution in [3.8, 4) is 5.75 Å². The summed E-state index contributed by atoms with van der Waals surface area (Å²) in [5.74, 6) is -0.915. The van der Waals surface area contributed by atoms with E-state index in [1.807, 2.05) is 0 Å². The van der Waals surface area contributed by atoms with Crippen molar-refractivity contribution in [2.75, 3.05) is 0 Å². The maximum absolute atomic E-state index is 10.7. The van der Waals surface area contributed by atoms with E-state index in [0.717, 1.165) is 0 Å². The molecule has 1 aromatic rings. The Hall–Kier alpha value is -1.55. The van der Waals surface area contributed by atoms with Gasteiger partial charge in [-0.25, -0.2) is 0 Å². The fraction of sp³-hybridized carbons (Fsp3) is 0.300. The quantitative estimate of drug-likeness (QED) is 0.659. The molecule has 0 aliphatic heterocycles. The zero-order valence-corrected chi connectivity index (χ0v) is 8.11. The van der Waals surface area contributed by atoms with Gasteiger partial charge < -0.3 is 15.9 Å². The summed E-state index contributed by atoms with van der Waals surface area (Å²) in [5, 5.41) is 18.1. The van der Waals surface area contributed by atoms with Crippen LogP contribution in [0.25, 0.3) is 0 Å². The summed E-state index contributed by atoms with van der Waals surface area (Å²) in [6, 6.07) is 2.09. The lowest BCUT2D eigenvalue weighted by Gasteiger charge is -2.12. The molecule has 0 aliphatic rings. The van der Waals surface area contributed by atoms with Crippen LogP contribution in [0.5, 0.6) is 5.75 Å². The predicted molar refractivity (Wildman–Crippen MR) is 52.1 cm³/mol. The van der Waals surface area contributed by atoms with E-state index in [1.54, 1.807) is 19.9 Å². The highest BCUT2D eigenvalue weighted by atomic mass is 16.4. The minimum absolute atomic E-state index is 0.156. The van der Waals surface area contributed by atoms with Crippen LogP contribution in [0.4, 0.5) is 0 Å². The summed E-state index contributed by atoms with van der Waals surface area (Å²) in [4.78, 5) is 10.7. The number of hydrogen-bond donors (Lipinski definition) is 3. The molecule has 0 aromatic heterocycles. The molecule has 0 radical (unpaired) electrons. The largest absolute Gasteiger partial charge is 0.508 e. The number of phenols is 1. The van der Waals surface area contributed by atoms with E-state index in [4.69, 9.17) is 10.8 Å². The Kier molecular flexibility index (Phi) is 2.76. The van der Waals surface area contributed by atoms with Crippen molar-refractivity contribution in [3.63, 3.8) is 0 Å². The van der Waals surface area contributed by atoms with Crippen molar-refractivity contribution < 1.29 is 15.0 Å². The summed E-state index contributed by atoms with van der Waals surface area (Å²) in [6.45, 7) is 3.42. The van der Waals surface area contributed by atoms with Crippen molar-refractivity contribution in [1.82, 2.24) is 0 Å². The van der Waals surface area contributed by atoms with Gasteiger partial charge in [-0.3, -0.25) is 4.79 Å². The average molecular weight is 195 g/mol. The van der Waals surface area contributed by atoms with Crippen LogP contribution in [0.1, 0.15) is 22.7 Å². The van der Waals surface area contributed by atoms with Crippen LogP contribution in [0.2, 0.25) is 0 Å². The molecular formula is C10H13NO3. The number of nitrogens with two attached hydrogens (primary N) is 1. The topological polar surface area (TPSA) is 83.6 Å². The number of carboxylic acid groups (broad SMARTS) is 1. The number of aliphatic carboxylic acids is 1. The average Bonchev–Trinajstić information content (AvgIpc) is 2.10. The Bertz CT molecular complexity index is 374. The van der Waals surface area contributed by atoms with Gasteiger partial charge in [0.25, 0.3) is 0 Å². The summed E-state index contributed by atoms with van der Waals surface area (Å²) in [6.07, 6.45) is 0. The van der Waals surface area contributed by atoms with Crippen molar-refractivity contribution in [1.29, 1.82) is 0 Å². The van der Waals surface area contributed by atoms with E-state index in [0.29, 0.717) is 16.7 Å². The van der Waals surface area contributed by atoms with Crippen molar-refractivity contribution in [2.24, 2.45) is 5.73 Å². The van der Waals surface area contributed by atoms with Gasteiger partial charge in [-0.15, -0.1) is 0 Å². The minimum Gasteiger partial charge on any atom is -0.508 e. The Morgan fingerprint density at radius 1 is 1.36 bits per heavy atom. The van der Waals surface area contributed by atoms with E-state index < -0.39 is 12.0 Å². The number of phenolic OH excluding ortho intramolecular Hbond substituents is 1. The molecule has 1 aromatic carbocycles. The monoisotopic (exact) mass is 195 g/mol. The Balaban J connectivity index is 3.22. The molecule has 0 saturated carbocycles. The summed E-state index contributed by atoms with van der Waals surface area (Å²) >= 11 is 0. The van der Waals surface area contributed by atoms with Crippen LogP contribution in [-0.2, 0) is 4.79 Å². The maximum Gasteiger partial charge on any atom is 0.325 e. The third kappa shape index (κ3) is 1.85. The highest BCUT2D eigenvalue weighted by molar-refractivity contribution is 5.76. The lowest BCUT2D eigenvalue weighted by molar-refractivity contribution is -0.138. The van der Waals surface area contributed by atoms with Gasteiger partial charge in [0.1, 0.15) is 11.8 Å². The molecule has 0 bridgehead atoms. The van der Waals surface area contributed by atoms with E-state index in [2.05, 4.69) is 0 Å². The standard InChI is InChI=1S/C10H13NO3/c1-5-4-8(12)6(2)3-7(5)9(11)10(13)14/h3-4,9,12H,11H2,1-2H3,(H,13,14). The van der Waals surface area contributed by atoms with Gasteiger partial charge in [-0.05, 0) is 42.7 Å². The molecule has 14 heavy (non-hydrogen) atoms. The van der Waals surface area contributed by atoms with Gasteiger partial charge in [0.2, 0.25) is 0 Å². The van der Waals surface area contributed by atoms with Gasteiger partial charge in [-0.1, -0.05) is 0 Å². The molecule has 0 heterocycles. The highest BCUT2D eigenvalue weighted by Crippen LogP contribution is 2.24. The lowest BCUT2D eigenvalue weighted by Crippen LogP contribution is -2.21. The zero-order valence-electron chi connectivity index (χ0n) is 8.11. The number of hydrogen-bond acceptors (Lipinski definition) is 3. The number of benzene rings is 1. The molecule has 0 aliphatic carbocycles. The zero-order chi connectivity index (χ0) is 10.9. The number of carboxylic acids is 1. The second-order valence-electron chi connectivity index (χ2n) is 3.31. The Labute approximate surface area is 82.0 Å². The van der Waals surface area contributed by atoms with Crippen LogP contribution in [0.3, 0.4) is 0 Å². The van der Waals surface area contributed by atoms with Gasteiger partial charge in [0.05, 0.1) is 0 Å². The maximum atomic E-state index is 10.7. The van der Waals surface area contributed by atoms with Crippen LogP contribution in [-0.4, -0.2) is 16.2 Å². The highest BCUT2D eigenvalue weighted by Gasteiger charge is 2.17. The Morgan fingerprint density at radius 3 is 2.43 bits per heavy atom. The lowest BCUT2D eigenvalue weighted by atomic mass is 9.99. The molecule has 76 valence electrons. The van der Waals surface area contributed by atoms with Gasteiger partial charge in [-0.2, -0.15) is 0 Å². The predicted octanol–water partition coefficient (Wildman–Crippen LogP) is 1.09. The first-order valence-corrected chi connectivity index (χ1v) is 4.22. The Morgan fingerprint density at radius 2 is 1.93 bits per heavy atom. The van der Waals surface area contributed by atoms with E-state index in [9.17, 15) is 9.90 Å². The second-order valence-corrected chi connectivity index (χ2v) is 3.31. The molecular weight excluding hydrogens is 182 g/mol. The summed E-state index contributed by atoms with van der Waals surface area (Å²) in [5.41, 5.74) is 7.32. The fourth-order valence-electron chi connectivity index (χ4n) is 1.29. The molecule has 4 heteroatoms. The van der Waals surface area contributed by atoms with Crippen LogP contribution < -0.4 is 5.73 Å². The van der Waals surface area contributed by atoms with Crippen molar-refractivity contribution >= 4 is 5.97 Å². The molecule has 0 amide bonds. The third-order valence-corrected chi connectivity index (χ3v) is 2.19. The molecule has 4 N–H and O–H groups in total. The van der Waals surface area contributed by atoms with Crippen molar-refractivity contribution in [3.05, 3.63) is 28.8 Å². The van der Waals surface area contributed by atoms with Crippen molar-refractivity contribution in [2.45, 2.75) is 19.9 Å². The first-order chi connectivity index (χ1) is 6.43. The molecule has 0 saturated heterocycles. The van der Waals surface area contributed by atoms with E-state index in [-0.39, 0.29) is 5.75 Å². The SMILES string of the molecule is Cc1cc(C(N)C(=O)O)c(C)cc1O. The first kappa shape index (κ1) is 10.5. The van der Waals surface area contributed by atoms with E-state index >= 15 is 0 Å². The first-order valence-electron chi connectivity index (χ1n) is 4.22. The molecule has 0 spiro atoms. The number of aromatic hydroxyl groups is 1. The van der Waals surface area contributed by atoms with Crippen LogP contribution in [0, 0.1) is 13.8 Å². The molecule has 1 atom stereocenters. The van der Waals surface area contributed by atoms with E-state index in [1.165, 1.54) is 6.07 Å². The van der Waals surface area contributed by atoms with Gasteiger partial charge >= 0.3 is 5.97 Å². The fourth-order valence-corrected chi connectivity index (χ4v) is 1.29. The third-order valence-electron chi connectivity index (χ3n) is 2.19. The number of aryl methyl sites for hydroxylation is 2. The minimum atomic E-state index is -1.07. The molecule has 4 nitrogen and oxygen atoms in total. The molecule has 0 fully saturated rings. The number of carbonyl (C=O) groups is 1. The van der Waals surface area contributed by atoms with Gasteiger partial charge in [0.15, 0.2) is 0 Å². The smallest absolute Gasteiger partial charge is 0.325 e. The van der Waals surface area contributed by atoms with Gasteiger partial charge in [0, 0.05) is 0 Å². The number of rotatable bonds is 2. The summed E-state index contributed by atoms with van der Waals surface area (Å²) < 4.78 is 0. The molecule has 1 rings (SSSR count). The summed E-state index contributed by atoms with van der Waals surface area (Å²) in [7, 11) is 0. The normalized spacial score (nSPS) is 12.5. The molecule has 1 unspecified atom stereocenters. The van der Waals surface area contributed by atoms with Crippen LogP contribution in [0.15, 0.2) is 12.1 Å². The van der Waals surface area contributed by atoms with Crippen LogP contribution >= 0.6 is 0 Å². The second kappa shape index (κ2) is 3.67.